The summed E-state index contributed by atoms with van der Waals surface area (Å²) in [6.45, 7) is 5.04. The van der Waals surface area contributed by atoms with Gasteiger partial charge < -0.3 is 9.84 Å². The summed E-state index contributed by atoms with van der Waals surface area (Å²) in [6.07, 6.45) is 0. The van der Waals surface area contributed by atoms with Crippen LogP contribution in [0.15, 0.2) is 18.2 Å². The molecular weight excluding hydrogens is 234 g/mol. The third kappa shape index (κ3) is 2.33. The average molecular weight is 249 g/mol. The van der Waals surface area contributed by atoms with E-state index < -0.39 is 5.97 Å². The summed E-state index contributed by atoms with van der Waals surface area (Å²) in [4.78, 5) is 10.9. The molecule has 1 N–H and O–H groups in total. The van der Waals surface area contributed by atoms with Gasteiger partial charge in [0.2, 0.25) is 0 Å². The zero-order chi connectivity index (χ0) is 13.1. The molecule has 2 rings (SSSR count). The summed E-state index contributed by atoms with van der Waals surface area (Å²) in [5.74, 6) is -0.956. The van der Waals surface area contributed by atoms with Crippen molar-refractivity contribution >= 4 is 17.0 Å². The Labute approximate surface area is 104 Å². The molecular formula is C12H15N3O3. The van der Waals surface area contributed by atoms with Gasteiger partial charge in [-0.15, -0.1) is 5.10 Å². The fourth-order valence-electron chi connectivity index (χ4n) is 1.75. The average Bonchev–Trinajstić information content (AvgIpc) is 2.78. The van der Waals surface area contributed by atoms with Gasteiger partial charge in [-0.2, -0.15) is 0 Å². The number of benzene rings is 1. The van der Waals surface area contributed by atoms with Gasteiger partial charge in [-0.3, -0.25) is 0 Å². The Hall–Kier alpha value is -1.95. The maximum Gasteiger partial charge on any atom is 0.335 e. The molecule has 0 bridgehead atoms. The zero-order valence-electron chi connectivity index (χ0n) is 10.3. The molecule has 0 saturated heterocycles. The highest BCUT2D eigenvalue weighted by Gasteiger charge is 2.13. The number of aromatic nitrogens is 3. The molecule has 1 aromatic carbocycles. The lowest BCUT2D eigenvalue weighted by atomic mass is 10.2. The Bertz CT molecular complexity index is 565. The third-order valence-electron chi connectivity index (χ3n) is 2.70. The number of carboxylic acid groups (broad SMARTS) is 1. The minimum atomic E-state index is -0.956. The minimum absolute atomic E-state index is 0.0130. The highest BCUT2D eigenvalue weighted by molar-refractivity contribution is 5.92. The normalized spacial score (nSPS) is 12.8. The van der Waals surface area contributed by atoms with Crippen LogP contribution < -0.4 is 0 Å². The SMILES string of the molecule is CCOCC(C)n1nnc2ccc(C(=O)O)cc21. The van der Waals surface area contributed by atoms with Crippen molar-refractivity contribution in [2.45, 2.75) is 19.9 Å². The Kier molecular flexibility index (Phi) is 3.57. The largest absolute Gasteiger partial charge is 0.478 e. The van der Waals surface area contributed by atoms with Crippen LogP contribution in [0.4, 0.5) is 0 Å². The van der Waals surface area contributed by atoms with Crippen LogP contribution in [-0.4, -0.2) is 39.3 Å². The second kappa shape index (κ2) is 5.14. The summed E-state index contributed by atoms with van der Waals surface area (Å²) < 4.78 is 7.03. The molecule has 0 amide bonds. The molecule has 6 nitrogen and oxygen atoms in total. The fraction of sp³-hybridized carbons (Fsp3) is 0.417. The maximum absolute atomic E-state index is 10.9. The number of carboxylic acids is 1. The van der Waals surface area contributed by atoms with Crippen molar-refractivity contribution in [3.8, 4) is 0 Å². The zero-order valence-corrected chi connectivity index (χ0v) is 10.3. The van der Waals surface area contributed by atoms with E-state index >= 15 is 0 Å². The van der Waals surface area contributed by atoms with E-state index in [0.717, 1.165) is 0 Å². The second-order valence-corrected chi connectivity index (χ2v) is 4.05. The van der Waals surface area contributed by atoms with Gasteiger partial charge in [0.05, 0.1) is 23.7 Å². The molecule has 0 saturated carbocycles. The topological polar surface area (TPSA) is 77.2 Å². The van der Waals surface area contributed by atoms with Gasteiger partial charge in [0.1, 0.15) is 5.52 Å². The van der Waals surface area contributed by atoms with Gasteiger partial charge in [0, 0.05) is 6.61 Å². The van der Waals surface area contributed by atoms with Crippen LogP contribution in [0.3, 0.4) is 0 Å². The van der Waals surface area contributed by atoms with Crippen LogP contribution in [0, 0.1) is 0 Å². The summed E-state index contributed by atoms with van der Waals surface area (Å²) in [5, 5.41) is 17.0. The van der Waals surface area contributed by atoms with Crippen LogP contribution in [0.2, 0.25) is 0 Å². The number of ether oxygens (including phenoxy) is 1. The van der Waals surface area contributed by atoms with Crippen LogP contribution in [-0.2, 0) is 4.74 Å². The first-order chi connectivity index (χ1) is 8.63. The van der Waals surface area contributed by atoms with E-state index in [0.29, 0.717) is 24.2 Å². The van der Waals surface area contributed by atoms with E-state index in [2.05, 4.69) is 10.3 Å². The van der Waals surface area contributed by atoms with Crippen molar-refractivity contribution in [3.63, 3.8) is 0 Å². The van der Waals surface area contributed by atoms with Gasteiger partial charge in [-0.1, -0.05) is 5.21 Å². The second-order valence-electron chi connectivity index (χ2n) is 4.05. The van der Waals surface area contributed by atoms with E-state index in [1.54, 1.807) is 16.8 Å². The van der Waals surface area contributed by atoms with Gasteiger partial charge >= 0.3 is 5.97 Å². The molecule has 2 aromatic rings. The van der Waals surface area contributed by atoms with E-state index in [1.165, 1.54) is 6.07 Å². The van der Waals surface area contributed by atoms with Crippen molar-refractivity contribution < 1.29 is 14.6 Å². The molecule has 1 aromatic heterocycles. The highest BCUT2D eigenvalue weighted by atomic mass is 16.5. The van der Waals surface area contributed by atoms with E-state index in [-0.39, 0.29) is 11.6 Å². The molecule has 0 aliphatic rings. The van der Waals surface area contributed by atoms with Gasteiger partial charge in [-0.25, -0.2) is 9.48 Å². The molecule has 0 fully saturated rings. The van der Waals surface area contributed by atoms with Crippen molar-refractivity contribution in [3.05, 3.63) is 23.8 Å². The summed E-state index contributed by atoms with van der Waals surface area (Å²) in [5.41, 5.74) is 1.63. The van der Waals surface area contributed by atoms with E-state index in [1.807, 2.05) is 13.8 Å². The van der Waals surface area contributed by atoms with Gasteiger partial charge in [-0.05, 0) is 32.0 Å². The predicted molar refractivity (Wildman–Crippen MR) is 65.7 cm³/mol. The number of fused-ring (bicyclic) bond motifs is 1. The first-order valence-electron chi connectivity index (χ1n) is 5.79. The molecule has 0 radical (unpaired) electrons. The quantitative estimate of drug-likeness (QED) is 0.873. The number of rotatable bonds is 5. The maximum atomic E-state index is 10.9. The monoisotopic (exact) mass is 249 g/mol. The fourth-order valence-corrected chi connectivity index (χ4v) is 1.75. The van der Waals surface area contributed by atoms with Crippen molar-refractivity contribution in [2.24, 2.45) is 0 Å². The number of aromatic carboxylic acids is 1. The minimum Gasteiger partial charge on any atom is -0.478 e. The number of nitrogens with zero attached hydrogens (tertiary/aromatic N) is 3. The number of hydrogen-bond donors (Lipinski definition) is 1. The highest BCUT2D eigenvalue weighted by Crippen LogP contribution is 2.17. The third-order valence-corrected chi connectivity index (χ3v) is 2.70. The van der Waals surface area contributed by atoms with Gasteiger partial charge in [0.15, 0.2) is 0 Å². The van der Waals surface area contributed by atoms with E-state index in [4.69, 9.17) is 9.84 Å². The molecule has 0 aliphatic heterocycles. The van der Waals surface area contributed by atoms with E-state index in [9.17, 15) is 4.79 Å². The molecule has 0 aliphatic carbocycles. The van der Waals surface area contributed by atoms with Crippen molar-refractivity contribution in [2.75, 3.05) is 13.2 Å². The van der Waals surface area contributed by atoms with Crippen LogP contribution in [0.25, 0.3) is 11.0 Å². The molecule has 18 heavy (non-hydrogen) atoms. The summed E-state index contributed by atoms with van der Waals surface area (Å²) in [6, 6.07) is 4.78. The summed E-state index contributed by atoms with van der Waals surface area (Å²) in [7, 11) is 0. The first kappa shape index (κ1) is 12.5. The lowest BCUT2D eigenvalue weighted by Gasteiger charge is -2.12. The molecule has 96 valence electrons. The lowest BCUT2D eigenvalue weighted by Crippen LogP contribution is -2.13. The van der Waals surface area contributed by atoms with Crippen LogP contribution in [0.1, 0.15) is 30.2 Å². The number of carbonyl (C=O) groups is 1. The van der Waals surface area contributed by atoms with Crippen molar-refractivity contribution in [1.82, 2.24) is 15.0 Å². The lowest BCUT2D eigenvalue weighted by molar-refractivity contribution is 0.0697. The Morgan fingerprint density at radius 3 is 3.00 bits per heavy atom. The Balaban J connectivity index is 2.38. The molecule has 1 heterocycles. The molecule has 1 atom stereocenters. The first-order valence-corrected chi connectivity index (χ1v) is 5.79. The Morgan fingerprint density at radius 1 is 1.56 bits per heavy atom. The van der Waals surface area contributed by atoms with Gasteiger partial charge in [0.25, 0.3) is 0 Å². The smallest absolute Gasteiger partial charge is 0.335 e. The van der Waals surface area contributed by atoms with Crippen molar-refractivity contribution in [1.29, 1.82) is 0 Å². The Morgan fingerprint density at radius 2 is 2.33 bits per heavy atom. The number of hydrogen-bond acceptors (Lipinski definition) is 4. The molecule has 0 spiro atoms. The van der Waals surface area contributed by atoms with Crippen LogP contribution >= 0.6 is 0 Å². The van der Waals surface area contributed by atoms with Crippen LogP contribution in [0.5, 0.6) is 0 Å². The predicted octanol–water partition coefficient (Wildman–Crippen LogP) is 1.73. The summed E-state index contributed by atoms with van der Waals surface area (Å²) >= 11 is 0. The standard InChI is InChI=1S/C12H15N3O3/c1-3-18-7-8(2)15-11-6-9(12(16)17)4-5-10(11)13-14-15/h4-6,8H,3,7H2,1-2H3,(H,16,17). The molecule has 6 heteroatoms. The molecule has 1 unspecified atom stereocenters.